The molecular formula is C10H22N2OZn. The van der Waals surface area contributed by atoms with Crippen LogP contribution in [0.15, 0.2) is 0 Å². The molecule has 0 aromatic carbocycles. The molecule has 1 fully saturated rings. The van der Waals surface area contributed by atoms with Gasteiger partial charge in [-0.15, -0.1) is 0 Å². The molecule has 4 heteroatoms. The average Bonchev–Trinajstić information content (AvgIpc) is 2.15. The maximum atomic E-state index is 6.03. The Morgan fingerprint density at radius 1 is 1.43 bits per heavy atom. The van der Waals surface area contributed by atoms with Crippen molar-refractivity contribution >= 4 is 0 Å². The number of hydrogen-bond acceptors (Lipinski definition) is 3. The second kappa shape index (κ2) is 7.75. The Balaban J connectivity index is 0.00000169. The van der Waals surface area contributed by atoms with Crippen molar-refractivity contribution in [3.05, 3.63) is 0 Å². The fourth-order valence-corrected chi connectivity index (χ4v) is 1.57. The molecule has 2 unspecified atom stereocenters. The van der Waals surface area contributed by atoms with Crippen molar-refractivity contribution in [1.82, 2.24) is 5.32 Å². The zero-order valence-corrected chi connectivity index (χ0v) is 12.4. The van der Waals surface area contributed by atoms with Gasteiger partial charge >= 0.3 is 0 Å². The van der Waals surface area contributed by atoms with Crippen molar-refractivity contribution in [3.8, 4) is 0 Å². The summed E-state index contributed by atoms with van der Waals surface area (Å²) in [4.78, 5) is 0. The number of rotatable bonds is 4. The number of nitrogens with one attached hydrogen (secondary N) is 1. The summed E-state index contributed by atoms with van der Waals surface area (Å²) in [6.45, 7) is 7.14. The topological polar surface area (TPSA) is 47.3 Å². The molecule has 0 saturated carbocycles. The Bertz CT molecular complexity index is 138. The smallest absolute Gasteiger partial charge is 0.0850 e. The molecule has 0 aromatic heterocycles. The molecule has 80 valence electrons. The Morgan fingerprint density at radius 2 is 2.14 bits per heavy atom. The summed E-state index contributed by atoms with van der Waals surface area (Å²) >= 11 is 0. The minimum atomic E-state index is 0. The normalized spacial score (nSPS) is 24.4. The number of nitrogens with two attached hydrogens (primary N) is 1. The first-order valence-electron chi connectivity index (χ1n) is 5.28. The van der Waals surface area contributed by atoms with Crippen molar-refractivity contribution < 1.29 is 24.2 Å². The molecule has 1 rings (SSSR count). The van der Waals surface area contributed by atoms with Crippen molar-refractivity contribution in [2.75, 3.05) is 19.7 Å². The van der Waals surface area contributed by atoms with Gasteiger partial charge in [-0.25, -0.2) is 0 Å². The molecule has 0 aromatic rings. The van der Waals surface area contributed by atoms with Crippen LogP contribution in [0.25, 0.3) is 0 Å². The zero-order valence-electron chi connectivity index (χ0n) is 9.46. The van der Waals surface area contributed by atoms with Gasteiger partial charge in [-0.2, -0.15) is 0 Å². The Morgan fingerprint density at radius 3 is 2.64 bits per heavy atom. The predicted octanol–water partition coefficient (Wildman–Crippen LogP) is 0.736. The van der Waals surface area contributed by atoms with Gasteiger partial charge in [0.05, 0.1) is 12.7 Å². The minimum absolute atomic E-state index is 0. The predicted molar refractivity (Wildman–Crippen MR) is 54.7 cm³/mol. The van der Waals surface area contributed by atoms with Crippen LogP contribution in [0.5, 0.6) is 0 Å². The largest absolute Gasteiger partial charge is 0.374 e. The molecule has 0 bridgehead atoms. The summed E-state index contributed by atoms with van der Waals surface area (Å²) in [6.07, 6.45) is 2.50. The molecule has 3 nitrogen and oxygen atoms in total. The molecule has 1 saturated heterocycles. The van der Waals surface area contributed by atoms with Gasteiger partial charge in [0.1, 0.15) is 0 Å². The number of ether oxygens (including phenoxy) is 1. The van der Waals surface area contributed by atoms with Gasteiger partial charge in [-0.05, 0) is 18.8 Å². The molecule has 0 radical (unpaired) electrons. The van der Waals surface area contributed by atoms with Crippen LogP contribution in [0, 0.1) is 5.92 Å². The SMILES string of the molecule is CC(C)CCC(N)C1CNCCO1.[Zn]. The molecule has 0 aliphatic carbocycles. The molecule has 14 heavy (non-hydrogen) atoms. The van der Waals surface area contributed by atoms with Crippen molar-refractivity contribution in [1.29, 1.82) is 0 Å². The van der Waals surface area contributed by atoms with Crippen LogP contribution >= 0.6 is 0 Å². The first kappa shape index (κ1) is 14.5. The molecule has 3 N–H and O–H groups in total. The number of morpholine rings is 1. The quantitative estimate of drug-likeness (QED) is 0.725. The van der Waals surface area contributed by atoms with E-state index in [-0.39, 0.29) is 31.6 Å². The van der Waals surface area contributed by atoms with E-state index in [1.54, 1.807) is 0 Å². The second-order valence-corrected chi connectivity index (χ2v) is 4.25. The van der Waals surface area contributed by atoms with Crippen LogP contribution in [0.1, 0.15) is 26.7 Å². The van der Waals surface area contributed by atoms with Gasteiger partial charge in [0.25, 0.3) is 0 Å². The van der Waals surface area contributed by atoms with Crippen LogP contribution in [0.3, 0.4) is 0 Å². The molecule has 0 spiro atoms. The van der Waals surface area contributed by atoms with Crippen LogP contribution in [-0.4, -0.2) is 31.8 Å². The van der Waals surface area contributed by atoms with Gasteiger partial charge in [-0.1, -0.05) is 13.8 Å². The van der Waals surface area contributed by atoms with Crippen LogP contribution in [0.2, 0.25) is 0 Å². The van der Waals surface area contributed by atoms with Gasteiger partial charge in [0.15, 0.2) is 0 Å². The fraction of sp³-hybridized carbons (Fsp3) is 1.00. The average molecular weight is 252 g/mol. The molecular weight excluding hydrogens is 230 g/mol. The van der Waals surface area contributed by atoms with E-state index >= 15 is 0 Å². The zero-order chi connectivity index (χ0) is 9.68. The van der Waals surface area contributed by atoms with Crippen molar-refractivity contribution in [2.24, 2.45) is 11.7 Å². The number of hydrogen-bond donors (Lipinski definition) is 2. The summed E-state index contributed by atoms with van der Waals surface area (Å²) in [5.41, 5.74) is 6.03. The van der Waals surface area contributed by atoms with Crippen LogP contribution in [0.4, 0.5) is 0 Å². The van der Waals surface area contributed by atoms with E-state index in [4.69, 9.17) is 10.5 Å². The maximum absolute atomic E-state index is 6.03. The standard InChI is InChI=1S/C10H22N2O.Zn/c1-8(2)3-4-9(11)10-7-12-5-6-13-10;/h8-10,12H,3-7,11H2,1-2H3;. The van der Waals surface area contributed by atoms with E-state index in [1.807, 2.05) is 0 Å². The Labute approximate surface area is 99.9 Å². The summed E-state index contributed by atoms with van der Waals surface area (Å²) < 4.78 is 5.58. The van der Waals surface area contributed by atoms with Gasteiger partial charge in [0.2, 0.25) is 0 Å². The summed E-state index contributed by atoms with van der Waals surface area (Å²) in [5, 5.41) is 3.30. The Kier molecular flexibility index (Phi) is 8.03. The van der Waals surface area contributed by atoms with Gasteiger partial charge in [0, 0.05) is 38.6 Å². The molecule has 1 aliphatic heterocycles. The van der Waals surface area contributed by atoms with Crippen molar-refractivity contribution in [3.63, 3.8) is 0 Å². The summed E-state index contributed by atoms with van der Waals surface area (Å²) in [5.74, 6) is 0.739. The van der Waals surface area contributed by atoms with Gasteiger partial charge in [-0.3, -0.25) is 0 Å². The van der Waals surface area contributed by atoms with E-state index in [0.717, 1.165) is 32.0 Å². The van der Waals surface area contributed by atoms with E-state index in [9.17, 15) is 0 Å². The summed E-state index contributed by atoms with van der Waals surface area (Å²) in [7, 11) is 0. The van der Waals surface area contributed by atoms with E-state index in [0.29, 0.717) is 0 Å². The maximum Gasteiger partial charge on any atom is 0.0850 e. The van der Waals surface area contributed by atoms with E-state index < -0.39 is 0 Å². The fourth-order valence-electron chi connectivity index (χ4n) is 1.57. The van der Waals surface area contributed by atoms with E-state index in [2.05, 4.69) is 19.2 Å². The van der Waals surface area contributed by atoms with Crippen LogP contribution in [-0.2, 0) is 24.2 Å². The minimum Gasteiger partial charge on any atom is -0.374 e. The molecule has 0 amide bonds. The monoisotopic (exact) mass is 250 g/mol. The molecule has 1 heterocycles. The van der Waals surface area contributed by atoms with Crippen molar-refractivity contribution in [2.45, 2.75) is 38.8 Å². The first-order valence-corrected chi connectivity index (χ1v) is 5.28. The molecule has 2 atom stereocenters. The second-order valence-electron chi connectivity index (χ2n) is 4.25. The molecule has 1 aliphatic rings. The van der Waals surface area contributed by atoms with E-state index in [1.165, 1.54) is 6.42 Å². The first-order chi connectivity index (χ1) is 6.20. The van der Waals surface area contributed by atoms with Gasteiger partial charge < -0.3 is 15.8 Å². The third-order valence-electron chi connectivity index (χ3n) is 2.51. The third kappa shape index (κ3) is 5.40. The third-order valence-corrected chi connectivity index (χ3v) is 2.51. The van der Waals surface area contributed by atoms with Crippen LogP contribution < -0.4 is 11.1 Å². The summed E-state index contributed by atoms with van der Waals surface area (Å²) in [6, 6.07) is 0.204. The Hall–Kier alpha value is 0.503.